The van der Waals surface area contributed by atoms with Crippen molar-refractivity contribution in [3.8, 4) is 0 Å². The first-order valence-corrected chi connectivity index (χ1v) is 6.66. The van der Waals surface area contributed by atoms with Crippen LogP contribution in [0.2, 0.25) is 10.0 Å². The van der Waals surface area contributed by atoms with Crippen molar-refractivity contribution < 1.29 is 0 Å². The van der Waals surface area contributed by atoms with Crippen LogP contribution in [0.3, 0.4) is 0 Å². The van der Waals surface area contributed by atoms with Gasteiger partial charge in [-0.1, -0.05) is 47.8 Å². The molecule has 0 aromatic heterocycles. The van der Waals surface area contributed by atoms with Gasteiger partial charge in [0.25, 0.3) is 0 Å². The van der Waals surface area contributed by atoms with Crippen molar-refractivity contribution in [2.24, 2.45) is 0 Å². The van der Waals surface area contributed by atoms with Crippen molar-refractivity contribution in [2.45, 2.75) is 33.2 Å². The van der Waals surface area contributed by atoms with E-state index in [4.69, 9.17) is 23.2 Å². The summed E-state index contributed by atoms with van der Waals surface area (Å²) in [6.45, 7) is 7.46. The van der Waals surface area contributed by atoms with Gasteiger partial charge in [0.1, 0.15) is 0 Å². The van der Waals surface area contributed by atoms with Gasteiger partial charge < -0.3 is 5.32 Å². The van der Waals surface area contributed by atoms with Crippen LogP contribution in [0, 0.1) is 0 Å². The van der Waals surface area contributed by atoms with Crippen LogP contribution in [0.5, 0.6) is 0 Å². The number of hydrogen-bond donors (Lipinski definition) is 1. The molecule has 17 heavy (non-hydrogen) atoms. The number of hydrogen-bond acceptors (Lipinski definition) is 1. The summed E-state index contributed by atoms with van der Waals surface area (Å²) in [6.07, 6.45) is 3.24. The molecule has 3 heteroatoms. The standard InChI is InChI=1S/C14H19Cl2N/c1-4-7-17-11(3)10(2)8-12-5-6-13(15)9-14(12)16/h5-6,8-9,11,17H,4,7H2,1-3H3/b10-8+. The molecule has 0 saturated heterocycles. The largest absolute Gasteiger partial charge is 0.311 e. The molecular weight excluding hydrogens is 253 g/mol. The van der Waals surface area contributed by atoms with E-state index in [-0.39, 0.29) is 0 Å². The summed E-state index contributed by atoms with van der Waals surface area (Å²) < 4.78 is 0. The molecule has 0 aliphatic heterocycles. The fraction of sp³-hybridized carbons (Fsp3) is 0.429. The zero-order valence-electron chi connectivity index (χ0n) is 10.6. The summed E-state index contributed by atoms with van der Waals surface area (Å²) in [5, 5.41) is 4.81. The van der Waals surface area contributed by atoms with Crippen molar-refractivity contribution in [1.29, 1.82) is 0 Å². The average molecular weight is 272 g/mol. The molecule has 1 aromatic rings. The van der Waals surface area contributed by atoms with Crippen LogP contribution in [0.1, 0.15) is 32.8 Å². The predicted octanol–water partition coefficient (Wildman–Crippen LogP) is 4.78. The molecule has 1 nitrogen and oxygen atoms in total. The van der Waals surface area contributed by atoms with Crippen LogP contribution in [0.4, 0.5) is 0 Å². The second-order valence-electron chi connectivity index (χ2n) is 4.23. The van der Waals surface area contributed by atoms with Gasteiger partial charge >= 0.3 is 0 Å². The van der Waals surface area contributed by atoms with Gasteiger partial charge in [-0.2, -0.15) is 0 Å². The highest BCUT2D eigenvalue weighted by Gasteiger charge is 2.04. The van der Waals surface area contributed by atoms with Crippen LogP contribution in [-0.4, -0.2) is 12.6 Å². The molecule has 0 saturated carbocycles. The third-order valence-corrected chi connectivity index (χ3v) is 3.29. The maximum Gasteiger partial charge on any atom is 0.0493 e. The van der Waals surface area contributed by atoms with Crippen molar-refractivity contribution in [3.05, 3.63) is 39.4 Å². The van der Waals surface area contributed by atoms with Crippen LogP contribution in [-0.2, 0) is 0 Å². The number of halogens is 2. The third kappa shape index (κ3) is 4.71. The average Bonchev–Trinajstić information content (AvgIpc) is 2.29. The fourth-order valence-electron chi connectivity index (χ4n) is 1.51. The molecule has 1 N–H and O–H groups in total. The Morgan fingerprint density at radius 2 is 2.12 bits per heavy atom. The SMILES string of the molecule is CCCNC(C)/C(C)=C/c1ccc(Cl)cc1Cl. The van der Waals surface area contributed by atoms with Gasteiger partial charge in [0.15, 0.2) is 0 Å². The summed E-state index contributed by atoms with van der Waals surface area (Å²) in [5.74, 6) is 0. The van der Waals surface area contributed by atoms with Gasteiger partial charge in [0.2, 0.25) is 0 Å². The number of benzene rings is 1. The van der Waals surface area contributed by atoms with E-state index in [9.17, 15) is 0 Å². The van der Waals surface area contributed by atoms with E-state index in [1.165, 1.54) is 5.57 Å². The first-order chi connectivity index (χ1) is 8.04. The van der Waals surface area contributed by atoms with E-state index < -0.39 is 0 Å². The zero-order chi connectivity index (χ0) is 12.8. The Labute approximate surface area is 114 Å². The normalized spacial score (nSPS) is 13.8. The van der Waals surface area contributed by atoms with E-state index >= 15 is 0 Å². The van der Waals surface area contributed by atoms with Crippen molar-refractivity contribution in [2.75, 3.05) is 6.54 Å². The summed E-state index contributed by atoms with van der Waals surface area (Å²) in [5.41, 5.74) is 2.28. The molecule has 1 unspecified atom stereocenters. The Kier molecular flexibility index (Phi) is 6.04. The van der Waals surface area contributed by atoms with Crippen molar-refractivity contribution >= 4 is 29.3 Å². The summed E-state index contributed by atoms with van der Waals surface area (Å²) >= 11 is 12.0. The Morgan fingerprint density at radius 1 is 1.41 bits per heavy atom. The van der Waals surface area contributed by atoms with Gasteiger partial charge in [-0.05, 0) is 44.5 Å². The Balaban J connectivity index is 2.79. The smallest absolute Gasteiger partial charge is 0.0493 e. The molecule has 0 amide bonds. The van der Waals surface area contributed by atoms with Crippen LogP contribution in [0.15, 0.2) is 23.8 Å². The summed E-state index contributed by atoms with van der Waals surface area (Å²) in [4.78, 5) is 0. The van der Waals surface area contributed by atoms with Gasteiger partial charge in [-0.3, -0.25) is 0 Å². The highest BCUT2D eigenvalue weighted by atomic mass is 35.5. The summed E-state index contributed by atoms with van der Waals surface area (Å²) in [6, 6.07) is 5.94. The topological polar surface area (TPSA) is 12.0 Å². The third-order valence-electron chi connectivity index (χ3n) is 2.73. The lowest BCUT2D eigenvalue weighted by atomic mass is 10.1. The van der Waals surface area contributed by atoms with E-state index in [1.807, 2.05) is 12.1 Å². The van der Waals surface area contributed by atoms with E-state index in [0.29, 0.717) is 16.1 Å². The molecule has 0 spiro atoms. The zero-order valence-corrected chi connectivity index (χ0v) is 12.1. The minimum atomic E-state index is 0.363. The summed E-state index contributed by atoms with van der Waals surface area (Å²) in [7, 11) is 0. The molecule has 1 aromatic carbocycles. The highest BCUT2D eigenvalue weighted by Crippen LogP contribution is 2.23. The van der Waals surface area contributed by atoms with Gasteiger partial charge in [0, 0.05) is 16.1 Å². The van der Waals surface area contributed by atoms with Crippen molar-refractivity contribution in [1.82, 2.24) is 5.32 Å². The lowest BCUT2D eigenvalue weighted by Gasteiger charge is -2.14. The maximum absolute atomic E-state index is 6.13. The molecule has 0 fully saturated rings. The molecule has 0 aliphatic carbocycles. The van der Waals surface area contributed by atoms with Gasteiger partial charge in [-0.15, -0.1) is 0 Å². The Morgan fingerprint density at radius 3 is 2.71 bits per heavy atom. The highest BCUT2D eigenvalue weighted by molar-refractivity contribution is 6.35. The Hall–Kier alpha value is -0.500. The second kappa shape index (κ2) is 7.05. The van der Waals surface area contributed by atoms with Crippen LogP contribution < -0.4 is 5.32 Å². The van der Waals surface area contributed by atoms with Gasteiger partial charge in [-0.25, -0.2) is 0 Å². The molecule has 0 bridgehead atoms. The molecule has 0 aliphatic rings. The monoisotopic (exact) mass is 271 g/mol. The minimum absolute atomic E-state index is 0.363. The molecule has 0 radical (unpaired) electrons. The van der Waals surface area contributed by atoms with Crippen LogP contribution >= 0.6 is 23.2 Å². The van der Waals surface area contributed by atoms with Crippen molar-refractivity contribution in [3.63, 3.8) is 0 Å². The molecule has 0 heterocycles. The number of rotatable bonds is 5. The number of nitrogens with one attached hydrogen (secondary N) is 1. The first-order valence-electron chi connectivity index (χ1n) is 5.91. The van der Waals surface area contributed by atoms with Crippen LogP contribution in [0.25, 0.3) is 6.08 Å². The molecule has 1 rings (SSSR count). The quantitative estimate of drug-likeness (QED) is 0.813. The molecule has 94 valence electrons. The predicted molar refractivity (Wildman–Crippen MR) is 77.9 cm³/mol. The fourth-order valence-corrected chi connectivity index (χ4v) is 1.97. The van der Waals surface area contributed by atoms with Gasteiger partial charge in [0.05, 0.1) is 0 Å². The van der Waals surface area contributed by atoms with E-state index in [1.54, 1.807) is 6.07 Å². The Bertz CT molecular complexity index is 399. The minimum Gasteiger partial charge on any atom is -0.311 e. The first kappa shape index (κ1) is 14.6. The lowest BCUT2D eigenvalue weighted by Crippen LogP contribution is -2.27. The lowest BCUT2D eigenvalue weighted by molar-refractivity contribution is 0.604. The molecule has 1 atom stereocenters. The van der Waals surface area contributed by atoms with E-state index in [0.717, 1.165) is 18.5 Å². The maximum atomic E-state index is 6.13. The van der Waals surface area contributed by atoms with E-state index in [2.05, 4.69) is 32.2 Å². The molecular formula is C14H19Cl2N. The second-order valence-corrected chi connectivity index (χ2v) is 5.07.